The minimum atomic E-state index is 0.0953. The van der Waals surface area contributed by atoms with E-state index in [0.717, 1.165) is 12.1 Å². The maximum absolute atomic E-state index is 12.6. The summed E-state index contributed by atoms with van der Waals surface area (Å²) in [5.74, 6) is 0.885. The highest BCUT2D eigenvalue weighted by Gasteiger charge is 2.19. The lowest BCUT2D eigenvalue weighted by atomic mass is 10.2. The number of amides is 1. The molecule has 7 heteroatoms. The predicted molar refractivity (Wildman–Crippen MR) is 95.5 cm³/mol. The molecule has 2 rings (SSSR count). The first-order chi connectivity index (χ1) is 11.5. The molecule has 0 aliphatic rings. The van der Waals surface area contributed by atoms with E-state index in [4.69, 9.17) is 0 Å². The second-order valence-electron chi connectivity index (χ2n) is 6.43. The summed E-state index contributed by atoms with van der Waals surface area (Å²) in [7, 11) is 0. The van der Waals surface area contributed by atoms with Crippen LogP contribution in [0.25, 0.3) is 0 Å². The van der Waals surface area contributed by atoms with Crippen LogP contribution in [0.4, 0.5) is 0 Å². The van der Waals surface area contributed by atoms with Crippen molar-refractivity contribution in [3.8, 4) is 0 Å². The van der Waals surface area contributed by atoms with Gasteiger partial charge in [-0.25, -0.2) is 4.68 Å². The van der Waals surface area contributed by atoms with Crippen molar-refractivity contribution in [2.75, 3.05) is 5.75 Å². The van der Waals surface area contributed by atoms with Crippen LogP contribution in [0.3, 0.4) is 0 Å². The van der Waals surface area contributed by atoms with Gasteiger partial charge in [-0.05, 0) is 35.8 Å². The summed E-state index contributed by atoms with van der Waals surface area (Å²) in [6, 6.07) is 10.2. The summed E-state index contributed by atoms with van der Waals surface area (Å²) in [5.41, 5.74) is 1.13. The zero-order chi connectivity index (χ0) is 17.5. The number of thioether (sulfide) groups is 1. The van der Waals surface area contributed by atoms with E-state index in [9.17, 15) is 4.79 Å². The Bertz CT molecular complexity index is 641. The van der Waals surface area contributed by atoms with Crippen molar-refractivity contribution in [2.45, 2.75) is 52.0 Å². The maximum Gasteiger partial charge on any atom is 0.233 e. The topological polar surface area (TPSA) is 63.9 Å². The minimum Gasteiger partial charge on any atom is -0.335 e. The van der Waals surface area contributed by atoms with Crippen LogP contribution in [0.15, 0.2) is 35.5 Å². The van der Waals surface area contributed by atoms with Crippen molar-refractivity contribution in [2.24, 2.45) is 5.92 Å². The van der Waals surface area contributed by atoms with E-state index in [-0.39, 0.29) is 11.9 Å². The molecule has 0 saturated heterocycles. The summed E-state index contributed by atoms with van der Waals surface area (Å²) in [6.07, 6.45) is 0. The van der Waals surface area contributed by atoms with Crippen molar-refractivity contribution >= 4 is 17.7 Å². The van der Waals surface area contributed by atoms with Gasteiger partial charge in [0.05, 0.1) is 5.75 Å². The standard InChI is InChI=1S/C17H25N5OS/c1-13(2)10-22-17(18-19-20-22)24-12-16(23)21(14(3)4)11-15-8-6-5-7-9-15/h5-9,13-14H,10-12H2,1-4H3. The van der Waals surface area contributed by atoms with Gasteiger partial charge in [0, 0.05) is 19.1 Å². The molecule has 1 aromatic carbocycles. The summed E-state index contributed by atoms with van der Waals surface area (Å²) >= 11 is 1.40. The van der Waals surface area contributed by atoms with Crippen LogP contribution in [0.1, 0.15) is 33.3 Å². The molecule has 0 fully saturated rings. The molecule has 0 unspecified atom stereocenters. The molecule has 0 radical (unpaired) electrons. The van der Waals surface area contributed by atoms with E-state index >= 15 is 0 Å². The highest BCUT2D eigenvalue weighted by Crippen LogP contribution is 2.17. The van der Waals surface area contributed by atoms with Crippen molar-refractivity contribution in [3.63, 3.8) is 0 Å². The molecule has 0 atom stereocenters. The first-order valence-corrected chi connectivity index (χ1v) is 9.18. The highest BCUT2D eigenvalue weighted by atomic mass is 32.2. The normalized spacial score (nSPS) is 11.2. The number of tetrazole rings is 1. The van der Waals surface area contributed by atoms with E-state index in [1.807, 2.05) is 49.1 Å². The molecular weight excluding hydrogens is 322 g/mol. The van der Waals surface area contributed by atoms with Crippen LogP contribution < -0.4 is 0 Å². The molecule has 1 heterocycles. The number of aromatic nitrogens is 4. The number of carbonyl (C=O) groups excluding carboxylic acids is 1. The lowest BCUT2D eigenvalue weighted by molar-refractivity contribution is -0.130. The fourth-order valence-corrected chi connectivity index (χ4v) is 3.08. The Hall–Kier alpha value is -1.89. The van der Waals surface area contributed by atoms with Gasteiger partial charge in [-0.3, -0.25) is 4.79 Å². The third kappa shape index (κ3) is 5.33. The van der Waals surface area contributed by atoms with Crippen LogP contribution in [-0.2, 0) is 17.9 Å². The molecule has 0 spiro atoms. The average Bonchev–Trinajstić information content (AvgIpc) is 2.97. The second-order valence-corrected chi connectivity index (χ2v) is 7.37. The van der Waals surface area contributed by atoms with Gasteiger partial charge in [0.25, 0.3) is 0 Å². The molecule has 0 aliphatic heterocycles. The Morgan fingerprint density at radius 2 is 1.92 bits per heavy atom. The van der Waals surface area contributed by atoms with E-state index < -0.39 is 0 Å². The minimum absolute atomic E-state index is 0.0953. The Balaban J connectivity index is 1.97. The van der Waals surface area contributed by atoms with E-state index in [0.29, 0.717) is 23.4 Å². The van der Waals surface area contributed by atoms with E-state index in [2.05, 4.69) is 29.4 Å². The van der Waals surface area contributed by atoms with E-state index in [1.54, 1.807) is 4.68 Å². The third-order valence-corrected chi connectivity index (χ3v) is 4.44. The zero-order valence-electron chi connectivity index (χ0n) is 14.7. The molecule has 0 aliphatic carbocycles. The number of nitrogens with zero attached hydrogens (tertiary/aromatic N) is 5. The van der Waals surface area contributed by atoms with Gasteiger partial charge >= 0.3 is 0 Å². The van der Waals surface area contributed by atoms with Gasteiger partial charge in [-0.1, -0.05) is 55.9 Å². The van der Waals surface area contributed by atoms with Gasteiger partial charge in [0.2, 0.25) is 11.1 Å². The van der Waals surface area contributed by atoms with Crippen molar-refractivity contribution in [1.29, 1.82) is 0 Å². The summed E-state index contributed by atoms with van der Waals surface area (Å²) in [6.45, 7) is 9.67. The zero-order valence-corrected chi connectivity index (χ0v) is 15.5. The Morgan fingerprint density at radius 3 is 2.54 bits per heavy atom. The van der Waals surface area contributed by atoms with E-state index in [1.165, 1.54) is 11.8 Å². The van der Waals surface area contributed by atoms with Crippen molar-refractivity contribution in [1.82, 2.24) is 25.1 Å². The van der Waals surface area contributed by atoms with Crippen LogP contribution in [0.5, 0.6) is 0 Å². The summed E-state index contributed by atoms with van der Waals surface area (Å²) < 4.78 is 1.76. The Morgan fingerprint density at radius 1 is 1.21 bits per heavy atom. The summed E-state index contributed by atoms with van der Waals surface area (Å²) in [5, 5.41) is 12.4. The van der Waals surface area contributed by atoms with Crippen molar-refractivity contribution in [3.05, 3.63) is 35.9 Å². The molecule has 0 N–H and O–H groups in total. The van der Waals surface area contributed by atoms with Crippen LogP contribution in [-0.4, -0.2) is 42.8 Å². The third-order valence-electron chi connectivity index (χ3n) is 3.50. The first-order valence-electron chi connectivity index (χ1n) is 8.19. The largest absolute Gasteiger partial charge is 0.335 e. The number of carbonyl (C=O) groups is 1. The molecular formula is C17H25N5OS. The van der Waals surface area contributed by atoms with Gasteiger partial charge in [0.15, 0.2) is 0 Å². The maximum atomic E-state index is 12.6. The average molecular weight is 347 g/mol. The van der Waals surface area contributed by atoms with Crippen molar-refractivity contribution < 1.29 is 4.79 Å². The number of hydrogen-bond donors (Lipinski definition) is 0. The molecule has 130 valence electrons. The molecule has 0 saturated carbocycles. The number of hydrogen-bond acceptors (Lipinski definition) is 5. The SMILES string of the molecule is CC(C)Cn1nnnc1SCC(=O)N(Cc1ccccc1)C(C)C. The van der Waals surface area contributed by atoms with Gasteiger partial charge in [0.1, 0.15) is 0 Å². The lowest BCUT2D eigenvalue weighted by Crippen LogP contribution is -2.37. The fourth-order valence-electron chi connectivity index (χ4n) is 2.31. The highest BCUT2D eigenvalue weighted by molar-refractivity contribution is 7.99. The summed E-state index contributed by atoms with van der Waals surface area (Å²) in [4.78, 5) is 14.5. The van der Waals surface area contributed by atoms with Crippen LogP contribution >= 0.6 is 11.8 Å². The number of benzene rings is 1. The van der Waals surface area contributed by atoms with Gasteiger partial charge in [-0.2, -0.15) is 0 Å². The first kappa shape index (κ1) is 18.4. The smallest absolute Gasteiger partial charge is 0.233 e. The van der Waals surface area contributed by atoms with Gasteiger partial charge < -0.3 is 4.90 Å². The van der Waals surface area contributed by atoms with Crippen LogP contribution in [0.2, 0.25) is 0 Å². The Kier molecular flexibility index (Phi) is 6.78. The van der Waals surface area contributed by atoms with Crippen LogP contribution in [0, 0.1) is 5.92 Å². The molecule has 6 nitrogen and oxygen atoms in total. The molecule has 0 bridgehead atoms. The Labute approximate surface area is 147 Å². The number of rotatable bonds is 8. The lowest BCUT2D eigenvalue weighted by Gasteiger charge is -2.26. The monoisotopic (exact) mass is 347 g/mol. The quantitative estimate of drug-likeness (QED) is 0.687. The fraction of sp³-hybridized carbons (Fsp3) is 0.529. The predicted octanol–water partition coefficient (Wildman–Crippen LogP) is 2.86. The molecule has 2 aromatic rings. The molecule has 1 amide bonds. The van der Waals surface area contributed by atoms with Gasteiger partial charge in [-0.15, -0.1) is 5.10 Å². The molecule has 1 aromatic heterocycles. The molecule has 24 heavy (non-hydrogen) atoms. The second kappa shape index (κ2) is 8.82.